The van der Waals surface area contributed by atoms with Gasteiger partial charge < -0.3 is 19.9 Å². The van der Waals surface area contributed by atoms with Crippen molar-refractivity contribution in [3.63, 3.8) is 0 Å². The number of carbonyl (C=O) groups is 2. The number of fused-ring (bicyclic) bond motifs is 5. The highest BCUT2D eigenvalue weighted by Crippen LogP contribution is 2.26. The van der Waals surface area contributed by atoms with Crippen LogP contribution >= 0.6 is 11.6 Å². The summed E-state index contributed by atoms with van der Waals surface area (Å²) in [5.74, 6) is -0.0123. The fourth-order valence-corrected chi connectivity index (χ4v) is 4.74. The lowest BCUT2D eigenvalue weighted by Crippen LogP contribution is -2.49. The van der Waals surface area contributed by atoms with Gasteiger partial charge in [-0.25, -0.2) is 4.98 Å². The normalized spacial score (nSPS) is 16.5. The second-order valence-electron chi connectivity index (χ2n) is 9.07. The van der Waals surface area contributed by atoms with Crippen LogP contribution in [0.15, 0.2) is 66.7 Å². The zero-order chi connectivity index (χ0) is 25.9. The predicted molar refractivity (Wildman–Crippen MR) is 146 cm³/mol. The van der Waals surface area contributed by atoms with Gasteiger partial charge in [0, 0.05) is 41.5 Å². The van der Waals surface area contributed by atoms with Gasteiger partial charge in [-0.15, -0.1) is 0 Å². The van der Waals surface area contributed by atoms with E-state index >= 15 is 0 Å². The Morgan fingerprint density at radius 3 is 2.68 bits per heavy atom. The number of amides is 2. The number of methoxy groups -OCH3 is 1. The molecule has 188 valence electrons. The highest BCUT2D eigenvalue weighted by atomic mass is 35.5. The van der Waals surface area contributed by atoms with E-state index in [-0.39, 0.29) is 18.2 Å². The molecule has 1 atom stereocenters. The number of hydrogen-bond donors (Lipinski definition) is 2. The number of nitrogens with zero attached hydrogens (tertiary/aromatic N) is 2. The van der Waals surface area contributed by atoms with E-state index in [0.29, 0.717) is 34.9 Å². The Kier molecular flexibility index (Phi) is 6.97. The first-order valence-corrected chi connectivity index (χ1v) is 12.4. The van der Waals surface area contributed by atoms with Crippen molar-refractivity contribution < 1.29 is 14.3 Å². The molecule has 37 heavy (non-hydrogen) atoms. The van der Waals surface area contributed by atoms with E-state index in [0.717, 1.165) is 27.9 Å². The number of hydrogen-bond acceptors (Lipinski definition) is 4. The van der Waals surface area contributed by atoms with Gasteiger partial charge in [-0.1, -0.05) is 41.9 Å². The highest BCUT2D eigenvalue weighted by molar-refractivity contribution is 6.30. The number of aromatic nitrogens is 2. The van der Waals surface area contributed by atoms with Crippen LogP contribution < -0.4 is 15.0 Å². The molecule has 2 aromatic heterocycles. The van der Waals surface area contributed by atoms with Crippen LogP contribution in [-0.2, 0) is 28.9 Å². The molecule has 0 saturated carbocycles. The molecule has 2 bridgehead atoms. The molecular weight excluding hydrogens is 488 g/mol. The van der Waals surface area contributed by atoms with Gasteiger partial charge in [0.2, 0.25) is 17.7 Å². The van der Waals surface area contributed by atoms with E-state index in [1.165, 1.54) is 0 Å². The lowest BCUT2D eigenvalue weighted by atomic mass is 10.0. The van der Waals surface area contributed by atoms with Crippen LogP contribution in [0.5, 0.6) is 5.88 Å². The zero-order valence-corrected chi connectivity index (χ0v) is 21.4. The molecule has 7 nitrogen and oxygen atoms in total. The molecule has 1 aliphatic rings. The molecule has 0 fully saturated rings. The number of aromatic amines is 1. The number of halogens is 1. The maximum absolute atomic E-state index is 13.6. The maximum Gasteiger partial charge on any atom is 0.249 e. The van der Waals surface area contributed by atoms with Crippen molar-refractivity contribution in [1.29, 1.82) is 0 Å². The molecule has 8 heteroatoms. The largest absolute Gasteiger partial charge is 0.481 e. The topological polar surface area (TPSA) is 87.3 Å². The minimum atomic E-state index is -0.756. The second-order valence-corrected chi connectivity index (χ2v) is 9.50. The number of pyridine rings is 1. The Labute approximate surface area is 220 Å². The lowest BCUT2D eigenvalue weighted by Gasteiger charge is -2.25. The molecule has 2 N–H and O–H groups in total. The first kappa shape index (κ1) is 24.6. The third-order valence-corrected chi connectivity index (χ3v) is 6.80. The number of carbonyl (C=O) groups excluding carboxylic acids is 2. The third kappa shape index (κ3) is 5.37. The number of anilines is 1. The molecule has 0 unspecified atom stereocenters. The smallest absolute Gasteiger partial charge is 0.249 e. The zero-order valence-electron chi connectivity index (χ0n) is 20.6. The monoisotopic (exact) mass is 514 g/mol. The molecule has 4 aromatic rings. The quantitative estimate of drug-likeness (QED) is 0.414. The van der Waals surface area contributed by atoms with Gasteiger partial charge in [-0.05, 0) is 54.0 Å². The van der Waals surface area contributed by atoms with Gasteiger partial charge >= 0.3 is 0 Å². The van der Waals surface area contributed by atoms with Gasteiger partial charge in [0.15, 0.2) is 0 Å². The SMILES string of the molecule is COc1ccc2[nH]c3c(c2n1)CC(=O)N[C@H](C(=O)N(C)c1ccc(Cl)cc1)Cc1cccc(c1)C/C=C/3. The van der Waals surface area contributed by atoms with E-state index in [4.69, 9.17) is 16.3 Å². The van der Waals surface area contributed by atoms with E-state index in [1.807, 2.05) is 24.3 Å². The van der Waals surface area contributed by atoms with Crippen molar-refractivity contribution in [2.45, 2.75) is 25.3 Å². The molecule has 1 aliphatic heterocycles. The predicted octanol–water partition coefficient (Wildman–Crippen LogP) is 4.73. The van der Waals surface area contributed by atoms with Crippen LogP contribution in [0.4, 0.5) is 5.69 Å². The fraction of sp³-hybridized carbons (Fsp3) is 0.207. The third-order valence-electron chi connectivity index (χ3n) is 6.54. The Morgan fingerprint density at radius 2 is 1.89 bits per heavy atom. The second kappa shape index (κ2) is 10.5. The standard InChI is InChI=1S/C29H27ClN4O3/c1-34(21-11-9-20(30)10-12-21)29(36)25-16-19-7-3-5-18(15-19)6-4-8-23-22(17-26(35)32-25)28-24(31-23)13-14-27(33-28)37-2/h3-5,7-15,25,31H,6,16-17H2,1-2H3,(H,32,35)/b8-4+/t25-/m0/s1. The highest BCUT2D eigenvalue weighted by Gasteiger charge is 2.27. The summed E-state index contributed by atoms with van der Waals surface area (Å²) >= 11 is 6.03. The number of ether oxygens (including phenoxy) is 1. The van der Waals surface area contributed by atoms with E-state index in [1.54, 1.807) is 49.4 Å². The van der Waals surface area contributed by atoms with Crippen molar-refractivity contribution in [1.82, 2.24) is 15.3 Å². The Morgan fingerprint density at radius 1 is 1.11 bits per heavy atom. The first-order chi connectivity index (χ1) is 17.9. The lowest BCUT2D eigenvalue weighted by molar-refractivity contribution is -0.127. The summed E-state index contributed by atoms with van der Waals surface area (Å²) in [5, 5.41) is 3.58. The summed E-state index contributed by atoms with van der Waals surface area (Å²) in [4.78, 5) is 36.5. The number of H-pyrrole nitrogens is 1. The number of benzene rings is 2. The fourth-order valence-electron chi connectivity index (χ4n) is 4.62. The number of nitrogens with one attached hydrogen (secondary N) is 2. The summed E-state index contributed by atoms with van der Waals surface area (Å²) in [6.45, 7) is 0. The van der Waals surface area contributed by atoms with Crippen LogP contribution in [-0.4, -0.2) is 42.0 Å². The molecule has 3 heterocycles. The van der Waals surface area contributed by atoms with Gasteiger partial charge in [0.25, 0.3) is 0 Å². The summed E-state index contributed by atoms with van der Waals surface area (Å²) in [6.07, 6.45) is 5.19. The summed E-state index contributed by atoms with van der Waals surface area (Å²) in [6, 6.07) is 18.0. The van der Waals surface area contributed by atoms with Crippen molar-refractivity contribution >= 4 is 46.2 Å². The van der Waals surface area contributed by atoms with Gasteiger partial charge in [0.05, 0.1) is 24.6 Å². The van der Waals surface area contributed by atoms with E-state index < -0.39 is 6.04 Å². The van der Waals surface area contributed by atoms with Crippen LogP contribution in [0, 0.1) is 0 Å². The van der Waals surface area contributed by atoms with Gasteiger partial charge in [-0.3, -0.25) is 9.59 Å². The summed E-state index contributed by atoms with van der Waals surface area (Å²) in [7, 11) is 3.26. The average molecular weight is 515 g/mol. The Bertz CT molecular complexity index is 1490. The Hall–Kier alpha value is -4.10. The van der Waals surface area contributed by atoms with Crippen LogP contribution in [0.25, 0.3) is 17.1 Å². The summed E-state index contributed by atoms with van der Waals surface area (Å²) < 4.78 is 5.31. The van der Waals surface area contributed by atoms with Gasteiger partial charge in [0.1, 0.15) is 6.04 Å². The molecule has 0 radical (unpaired) electrons. The molecule has 0 aliphatic carbocycles. The average Bonchev–Trinajstić information content (AvgIpc) is 3.23. The molecule has 2 aromatic carbocycles. The minimum absolute atomic E-state index is 0.0614. The van der Waals surface area contributed by atoms with Gasteiger partial charge in [-0.2, -0.15) is 0 Å². The number of allylic oxidation sites excluding steroid dienone is 1. The molecule has 0 saturated heterocycles. The number of rotatable bonds is 3. The van der Waals surface area contributed by atoms with Crippen molar-refractivity contribution in [2.24, 2.45) is 0 Å². The molecule has 5 rings (SSSR count). The Balaban J connectivity index is 1.53. The van der Waals surface area contributed by atoms with Crippen LogP contribution in [0.3, 0.4) is 0 Å². The summed E-state index contributed by atoms with van der Waals surface area (Å²) in [5.41, 5.74) is 5.84. The van der Waals surface area contributed by atoms with Crippen molar-refractivity contribution in [2.75, 3.05) is 19.1 Å². The van der Waals surface area contributed by atoms with Crippen molar-refractivity contribution in [3.8, 4) is 5.88 Å². The minimum Gasteiger partial charge on any atom is -0.481 e. The van der Waals surface area contributed by atoms with E-state index in [2.05, 4.69) is 33.5 Å². The van der Waals surface area contributed by atoms with Crippen LogP contribution in [0.1, 0.15) is 22.4 Å². The number of likely N-dealkylation sites (N-methyl/N-ethyl adjacent to an activating group) is 1. The molecule has 2 amide bonds. The van der Waals surface area contributed by atoms with E-state index in [9.17, 15) is 9.59 Å². The van der Waals surface area contributed by atoms with Crippen molar-refractivity contribution in [3.05, 3.63) is 94.1 Å². The molecule has 0 spiro atoms. The first-order valence-electron chi connectivity index (χ1n) is 12.0. The van der Waals surface area contributed by atoms with Crippen LogP contribution in [0.2, 0.25) is 5.02 Å². The molecular formula is C29H27ClN4O3. The maximum atomic E-state index is 13.6.